The lowest BCUT2D eigenvalue weighted by atomic mass is 10.1. The van der Waals surface area contributed by atoms with Crippen LogP contribution in [0.4, 0.5) is 10.5 Å². The van der Waals surface area contributed by atoms with E-state index >= 15 is 0 Å². The van der Waals surface area contributed by atoms with Gasteiger partial charge in [0.1, 0.15) is 0 Å². The predicted octanol–water partition coefficient (Wildman–Crippen LogP) is 2.26. The minimum atomic E-state index is -3.21. The molecule has 0 heterocycles. The summed E-state index contributed by atoms with van der Waals surface area (Å²) >= 11 is 0. The number of hydrogen-bond acceptors (Lipinski definition) is 3. The van der Waals surface area contributed by atoms with Gasteiger partial charge in [-0.05, 0) is 37.1 Å². The summed E-state index contributed by atoms with van der Waals surface area (Å²) < 4.78 is 22.6. The zero-order valence-corrected chi connectivity index (χ0v) is 12.4. The fourth-order valence-corrected chi connectivity index (χ4v) is 1.96. The molecule has 0 bridgehead atoms. The molecule has 0 fully saturated rings. The first kappa shape index (κ1) is 15.5. The summed E-state index contributed by atoms with van der Waals surface area (Å²) in [5, 5.41) is 5.47. The van der Waals surface area contributed by atoms with Crippen molar-refractivity contribution in [2.45, 2.75) is 31.7 Å². The minimum absolute atomic E-state index is 0.0651. The normalized spacial score (nSPS) is 13.1. The number of nitrogens with one attached hydrogen (secondary N) is 2. The number of sulfone groups is 1. The van der Waals surface area contributed by atoms with Crippen molar-refractivity contribution in [1.29, 1.82) is 0 Å². The molecule has 2 amide bonds. The molecule has 1 atom stereocenters. The van der Waals surface area contributed by atoms with Crippen molar-refractivity contribution < 1.29 is 13.2 Å². The zero-order chi connectivity index (χ0) is 14.6. The highest BCUT2D eigenvalue weighted by Gasteiger charge is 2.11. The number of urea groups is 1. The van der Waals surface area contributed by atoms with Crippen molar-refractivity contribution in [2.75, 3.05) is 11.6 Å². The van der Waals surface area contributed by atoms with E-state index in [0.717, 1.165) is 6.26 Å². The summed E-state index contributed by atoms with van der Waals surface area (Å²) in [6.45, 7) is 5.97. The van der Waals surface area contributed by atoms with E-state index in [1.54, 1.807) is 12.1 Å². The lowest BCUT2D eigenvalue weighted by Gasteiger charge is -2.17. The molecule has 0 saturated heterocycles. The summed E-state index contributed by atoms with van der Waals surface area (Å²) in [5.41, 5.74) is 0.556. The van der Waals surface area contributed by atoms with E-state index in [9.17, 15) is 13.2 Å². The number of hydrogen-bond donors (Lipinski definition) is 2. The molecule has 2 N–H and O–H groups in total. The third-order valence-electron chi connectivity index (χ3n) is 2.90. The first-order valence-corrected chi connectivity index (χ1v) is 7.97. The minimum Gasteiger partial charge on any atom is -0.335 e. The van der Waals surface area contributed by atoms with E-state index < -0.39 is 9.84 Å². The second-order valence-corrected chi connectivity index (χ2v) is 6.94. The Morgan fingerprint density at radius 3 is 2.05 bits per heavy atom. The maximum atomic E-state index is 11.7. The van der Waals surface area contributed by atoms with Gasteiger partial charge in [0.25, 0.3) is 0 Å². The van der Waals surface area contributed by atoms with Gasteiger partial charge < -0.3 is 10.6 Å². The van der Waals surface area contributed by atoms with Crippen molar-refractivity contribution in [3.8, 4) is 0 Å². The Kier molecular flexibility index (Phi) is 4.94. The Hall–Kier alpha value is -1.56. The Labute approximate surface area is 114 Å². The van der Waals surface area contributed by atoms with E-state index in [2.05, 4.69) is 10.6 Å². The van der Waals surface area contributed by atoms with Crippen LogP contribution in [-0.2, 0) is 9.84 Å². The molecule has 106 valence electrons. The molecule has 0 spiro atoms. The van der Waals surface area contributed by atoms with Gasteiger partial charge in [-0.15, -0.1) is 0 Å². The summed E-state index contributed by atoms with van der Waals surface area (Å²) in [4.78, 5) is 11.9. The van der Waals surface area contributed by atoms with Gasteiger partial charge in [-0.25, -0.2) is 13.2 Å². The van der Waals surface area contributed by atoms with Gasteiger partial charge in [0.15, 0.2) is 9.84 Å². The van der Waals surface area contributed by atoms with Crippen LogP contribution in [0.5, 0.6) is 0 Å². The highest BCUT2D eigenvalue weighted by Crippen LogP contribution is 2.13. The molecular weight excluding hydrogens is 264 g/mol. The zero-order valence-electron chi connectivity index (χ0n) is 11.6. The first-order valence-electron chi connectivity index (χ1n) is 6.08. The smallest absolute Gasteiger partial charge is 0.319 e. The fraction of sp³-hybridized carbons (Fsp3) is 0.462. The molecule has 5 nitrogen and oxygen atoms in total. The number of amides is 2. The fourth-order valence-electron chi connectivity index (χ4n) is 1.33. The lowest BCUT2D eigenvalue weighted by molar-refractivity contribution is 0.246. The van der Waals surface area contributed by atoms with Crippen molar-refractivity contribution in [3.63, 3.8) is 0 Å². The maximum Gasteiger partial charge on any atom is 0.319 e. The Morgan fingerprint density at radius 2 is 1.63 bits per heavy atom. The molecule has 0 saturated carbocycles. The Balaban J connectivity index is 2.66. The van der Waals surface area contributed by atoms with Gasteiger partial charge in [0.05, 0.1) is 4.90 Å². The van der Waals surface area contributed by atoms with Gasteiger partial charge in [0.2, 0.25) is 0 Å². The average Bonchev–Trinajstić information content (AvgIpc) is 2.28. The number of carbonyl (C=O) groups excluding carboxylic acids is 1. The highest BCUT2D eigenvalue weighted by atomic mass is 32.2. The molecule has 1 aromatic rings. The van der Waals surface area contributed by atoms with E-state index in [0.29, 0.717) is 11.6 Å². The maximum absolute atomic E-state index is 11.7. The van der Waals surface area contributed by atoms with E-state index in [4.69, 9.17) is 0 Å². The number of benzene rings is 1. The van der Waals surface area contributed by atoms with Crippen LogP contribution in [-0.4, -0.2) is 26.7 Å². The van der Waals surface area contributed by atoms with E-state index in [1.165, 1.54) is 12.1 Å². The summed E-state index contributed by atoms with van der Waals surface area (Å²) in [7, 11) is -3.21. The Morgan fingerprint density at radius 1 is 1.11 bits per heavy atom. The number of carbonyl (C=O) groups is 1. The second kappa shape index (κ2) is 6.06. The number of rotatable bonds is 4. The summed E-state index contributed by atoms with van der Waals surface area (Å²) in [6, 6.07) is 5.84. The second-order valence-electron chi connectivity index (χ2n) is 4.93. The molecule has 0 aromatic heterocycles. The molecule has 0 aliphatic heterocycles. The van der Waals surface area contributed by atoms with E-state index in [-0.39, 0.29) is 17.0 Å². The Bertz CT molecular complexity index is 536. The SMILES string of the molecule is CC(C)[C@H](C)NC(=O)Nc1ccc(S(C)(=O)=O)cc1. The van der Waals surface area contributed by atoms with Crippen LogP contribution in [0.3, 0.4) is 0 Å². The lowest BCUT2D eigenvalue weighted by Crippen LogP contribution is -2.38. The molecule has 0 aliphatic carbocycles. The molecular formula is C13H20N2O3S. The third kappa shape index (κ3) is 4.90. The quantitative estimate of drug-likeness (QED) is 0.890. The largest absolute Gasteiger partial charge is 0.335 e. The van der Waals surface area contributed by atoms with Gasteiger partial charge in [-0.1, -0.05) is 13.8 Å². The van der Waals surface area contributed by atoms with Gasteiger partial charge in [-0.3, -0.25) is 0 Å². The van der Waals surface area contributed by atoms with Gasteiger partial charge in [-0.2, -0.15) is 0 Å². The monoisotopic (exact) mass is 284 g/mol. The summed E-state index contributed by atoms with van der Waals surface area (Å²) in [6.07, 6.45) is 1.15. The molecule has 1 rings (SSSR count). The van der Waals surface area contributed by atoms with Gasteiger partial charge >= 0.3 is 6.03 Å². The molecule has 0 unspecified atom stereocenters. The van der Waals surface area contributed by atoms with E-state index in [1.807, 2.05) is 20.8 Å². The summed E-state index contributed by atoms with van der Waals surface area (Å²) in [5.74, 6) is 0.346. The van der Waals surface area contributed by atoms with Crippen molar-refractivity contribution >= 4 is 21.6 Å². The topological polar surface area (TPSA) is 75.3 Å². The van der Waals surface area contributed by atoms with Crippen LogP contribution in [0.2, 0.25) is 0 Å². The predicted molar refractivity (Wildman–Crippen MR) is 76.0 cm³/mol. The molecule has 19 heavy (non-hydrogen) atoms. The molecule has 0 radical (unpaired) electrons. The molecule has 1 aromatic carbocycles. The van der Waals surface area contributed by atoms with Crippen LogP contribution in [0.1, 0.15) is 20.8 Å². The number of anilines is 1. The highest BCUT2D eigenvalue weighted by molar-refractivity contribution is 7.90. The van der Waals surface area contributed by atoms with Crippen molar-refractivity contribution in [2.24, 2.45) is 5.92 Å². The third-order valence-corrected chi connectivity index (χ3v) is 4.03. The van der Waals surface area contributed by atoms with Crippen LogP contribution >= 0.6 is 0 Å². The van der Waals surface area contributed by atoms with Crippen LogP contribution in [0, 0.1) is 5.92 Å². The molecule has 0 aliphatic rings. The van der Waals surface area contributed by atoms with Crippen molar-refractivity contribution in [1.82, 2.24) is 5.32 Å². The standard InChI is InChI=1S/C13H20N2O3S/c1-9(2)10(3)14-13(16)15-11-5-7-12(8-6-11)19(4,17)18/h5-10H,1-4H3,(H2,14,15,16)/t10-/m0/s1. The average molecular weight is 284 g/mol. The van der Waals surface area contributed by atoms with Crippen LogP contribution in [0.25, 0.3) is 0 Å². The van der Waals surface area contributed by atoms with Gasteiger partial charge in [0, 0.05) is 18.0 Å². The first-order chi connectivity index (χ1) is 8.70. The van der Waals surface area contributed by atoms with Crippen molar-refractivity contribution in [3.05, 3.63) is 24.3 Å². The molecule has 6 heteroatoms. The van der Waals surface area contributed by atoms with Crippen LogP contribution in [0.15, 0.2) is 29.2 Å². The van der Waals surface area contributed by atoms with Crippen LogP contribution < -0.4 is 10.6 Å².